The second kappa shape index (κ2) is 6.20. The van der Waals surface area contributed by atoms with Crippen molar-refractivity contribution in [3.05, 3.63) is 45.4 Å². The Bertz CT molecular complexity index is 1110. The topological polar surface area (TPSA) is 76.4 Å². The van der Waals surface area contributed by atoms with Gasteiger partial charge in [-0.1, -0.05) is 41.2 Å². The summed E-state index contributed by atoms with van der Waals surface area (Å²) < 4.78 is 40.0. The molecule has 2 aromatic heterocycles. The molecule has 1 aliphatic rings. The zero-order chi connectivity index (χ0) is 19.3. The first kappa shape index (κ1) is 17.7. The van der Waals surface area contributed by atoms with Gasteiger partial charge in [0.05, 0.1) is 16.3 Å². The highest BCUT2D eigenvalue weighted by Gasteiger charge is 2.37. The number of hydrogen-bond donors (Lipinski definition) is 1. The van der Waals surface area contributed by atoms with Crippen molar-refractivity contribution in [1.82, 2.24) is 19.9 Å². The zero-order valence-corrected chi connectivity index (χ0v) is 15.1. The van der Waals surface area contributed by atoms with E-state index in [2.05, 4.69) is 15.4 Å². The van der Waals surface area contributed by atoms with Gasteiger partial charge >= 0.3 is 6.18 Å². The van der Waals surface area contributed by atoms with Crippen LogP contribution in [0, 0.1) is 6.92 Å². The lowest BCUT2D eigenvalue weighted by atomic mass is 10.1. The van der Waals surface area contributed by atoms with E-state index in [4.69, 9.17) is 0 Å². The molecule has 0 unspecified atom stereocenters. The van der Waals surface area contributed by atoms with Crippen LogP contribution in [-0.4, -0.2) is 25.7 Å². The Hall–Kier alpha value is -2.66. The molecular formula is C16H9F3N4O2S2. The molecule has 3 heterocycles. The highest BCUT2D eigenvalue weighted by atomic mass is 32.2. The Morgan fingerprint density at radius 3 is 2.48 bits per heavy atom. The molecule has 138 valence electrons. The number of fused-ring (bicyclic) bond motifs is 1. The van der Waals surface area contributed by atoms with E-state index >= 15 is 0 Å². The van der Waals surface area contributed by atoms with Crippen molar-refractivity contribution in [2.45, 2.75) is 13.1 Å². The predicted octanol–water partition coefficient (Wildman–Crippen LogP) is 4.11. The predicted molar refractivity (Wildman–Crippen MR) is 95.1 cm³/mol. The first-order valence-corrected chi connectivity index (χ1v) is 9.14. The Labute approximate surface area is 158 Å². The maximum Gasteiger partial charge on any atom is 0.445 e. The lowest BCUT2D eigenvalue weighted by Gasteiger charge is -2.02. The number of nitrogens with one attached hydrogen (secondary N) is 1. The Morgan fingerprint density at radius 2 is 1.89 bits per heavy atom. The van der Waals surface area contributed by atoms with Gasteiger partial charge in [-0.05, 0) is 24.8 Å². The minimum Gasteiger partial charge on any atom is -0.282 e. The molecule has 0 bridgehead atoms. The van der Waals surface area contributed by atoms with E-state index in [1.165, 1.54) is 6.08 Å². The van der Waals surface area contributed by atoms with Crippen molar-refractivity contribution in [1.29, 1.82) is 0 Å². The Kier molecular flexibility index (Phi) is 4.07. The minimum absolute atomic E-state index is 0.0412. The highest BCUT2D eigenvalue weighted by Crippen LogP contribution is 2.36. The van der Waals surface area contributed by atoms with Crippen molar-refractivity contribution >= 4 is 45.3 Å². The fraction of sp³-hybridized carbons (Fsp3) is 0.125. The third-order valence-corrected chi connectivity index (χ3v) is 5.48. The molecule has 27 heavy (non-hydrogen) atoms. The van der Waals surface area contributed by atoms with Crippen molar-refractivity contribution in [3.8, 4) is 11.3 Å². The number of carbonyl (C=O) groups is 2. The summed E-state index contributed by atoms with van der Waals surface area (Å²) in [7, 11) is 0. The average Bonchev–Trinajstić information content (AvgIpc) is 3.22. The third-order valence-electron chi connectivity index (χ3n) is 3.72. The van der Waals surface area contributed by atoms with Crippen LogP contribution in [0.4, 0.5) is 18.0 Å². The molecule has 0 radical (unpaired) electrons. The third kappa shape index (κ3) is 3.23. The molecule has 0 atom stereocenters. The number of aromatic nitrogens is 3. The number of alkyl halides is 3. The Morgan fingerprint density at radius 1 is 1.19 bits per heavy atom. The van der Waals surface area contributed by atoms with Crippen LogP contribution in [0.15, 0.2) is 29.2 Å². The molecule has 0 aliphatic carbocycles. The van der Waals surface area contributed by atoms with E-state index in [0.717, 1.165) is 10.1 Å². The SMILES string of the molecule is Cc1ccc(-c2nc3sc(C(F)(F)F)nn3c2/C=C2\SC(=O)NC2=O)cc1. The van der Waals surface area contributed by atoms with Gasteiger partial charge in [-0.2, -0.15) is 13.2 Å². The second-order valence-electron chi connectivity index (χ2n) is 5.66. The number of imide groups is 1. The molecule has 1 aliphatic heterocycles. The number of nitrogens with zero attached hydrogens (tertiary/aromatic N) is 3. The Balaban J connectivity index is 1.93. The molecule has 0 spiro atoms. The van der Waals surface area contributed by atoms with Crippen LogP contribution in [-0.2, 0) is 11.0 Å². The van der Waals surface area contributed by atoms with Crippen LogP contribution >= 0.6 is 23.1 Å². The average molecular weight is 410 g/mol. The normalized spacial score (nSPS) is 16.5. The number of amides is 2. The number of carbonyl (C=O) groups excluding carboxylic acids is 2. The van der Waals surface area contributed by atoms with Gasteiger partial charge in [0.25, 0.3) is 11.1 Å². The van der Waals surface area contributed by atoms with Gasteiger partial charge in [-0.25, -0.2) is 9.50 Å². The molecule has 4 rings (SSSR count). The van der Waals surface area contributed by atoms with Crippen molar-refractivity contribution in [2.24, 2.45) is 0 Å². The largest absolute Gasteiger partial charge is 0.445 e. The molecule has 0 saturated carbocycles. The molecule has 1 N–H and O–H groups in total. The molecule has 2 amide bonds. The number of aryl methyl sites for hydroxylation is 1. The lowest BCUT2D eigenvalue weighted by molar-refractivity contribution is -0.138. The smallest absolute Gasteiger partial charge is 0.282 e. The first-order valence-electron chi connectivity index (χ1n) is 7.51. The number of thioether (sulfide) groups is 1. The van der Waals surface area contributed by atoms with Crippen LogP contribution in [0.3, 0.4) is 0 Å². The zero-order valence-electron chi connectivity index (χ0n) is 13.5. The van der Waals surface area contributed by atoms with E-state index < -0.39 is 22.3 Å². The summed E-state index contributed by atoms with van der Waals surface area (Å²) in [5.74, 6) is -0.610. The lowest BCUT2D eigenvalue weighted by Crippen LogP contribution is -2.17. The fourth-order valence-corrected chi connectivity index (χ4v) is 3.91. The number of rotatable bonds is 2. The molecule has 1 fully saturated rings. The van der Waals surface area contributed by atoms with Crippen LogP contribution in [0.25, 0.3) is 22.3 Å². The van der Waals surface area contributed by atoms with Crippen LogP contribution < -0.4 is 5.32 Å². The molecule has 3 aromatic rings. The summed E-state index contributed by atoms with van der Waals surface area (Å²) in [6, 6.07) is 7.24. The fourth-order valence-electron chi connectivity index (χ4n) is 2.48. The number of halogens is 3. The van der Waals surface area contributed by atoms with Gasteiger partial charge in [-0.3, -0.25) is 14.9 Å². The molecule has 11 heteroatoms. The molecular weight excluding hydrogens is 401 g/mol. The maximum atomic E-state index is 13.0. The molecule has 6 nitrogen and oxygen atoms in total. The molecule has 1 saturated heterocycles. The van der Waals surface area contributed by atoms with Gasteiger partial charge in [0.1, 0.15) is 0 Å². The number of benzene rings is 1. The van der Waals surface area contributed by atoms with Gasteiger partial charge in [-0.15, -0.1) is 5.10 Å². The van der Waals surface area contributed by atoms with Crippen molar-refractivity contribution in [2.75, 3.05) is 0 Å². The van der Waals surface area contributed by atoms with E-state index in [9.17, 15) is 22.8 Å². The summed E-state index contributed by atoms with van der Waals surface area (Å²) >= 11 is 1.08. The summed E-state index contributed by atoms with van der Waals surface area (Å²) in [6.45, 7) is 1.90. The van der Waals surface area contributed by atoms with Crippen LogP contribution in [0.2, 0.25) is 0 Å². The standard InChI is InChI=1S/C16H9F3N4O2S2/c1-7-2-4-8(5-3-7)11-9(6-10-12(24)21-15(25)26-10)23-14(20-11)27-13(22-23)16(17,18)19/h2-6H,1H3,(H,21,24,25)/b10-6-. The summed E-state index contributed by atoms with van der Waals surface area (Å²) in [4.78, 5) is 27.6. The van der Waals surface area contributed by atoms with Crippen LogP contribution in [0.1, 0.15) is 16.3 Å². The monoisotopic (exact) mass is 410 g/mol. The van der Waals surface area contributed by atoms with Gasteiger partial charge in [0.15, 0.2) is 0 Å². The number of hydrogen-bond acceptors (Lipinski definition) is 6. The van der Waals surface area contributed by atoms with Crippen LogP contribution in [0.5, 0.6) is 0 Å². The van der Waals surface area contributed by atoms with Gasteiger partial charge in [0, 0.05) is 5.56 Å². The maximum absolute atomic E-state index is 13.0. The van der Waals surface area contributed by atoms with E-state index in [-0.39, 0.29) is 15.6 Å². The van der Waals surface area contributed by atoms with Crippen molar-refractivity contribution < 1.29 is 22.8 Å². The van der Waals surface area contributed by atoms with Crippen molar-refractivity contribution in [3.63, 3.8) is 0 Å². The summed E-state index contributed by atoms with van der Waals surface area (Å²) in [5.41, 5.74) is 2.25. The summed E-state index contributed by atoms with van der Waals surface area (Å²) in [6.07, 6.45) is -3.27. The van der Waals surface area contributed by atoms with E-state index in [0.29, 0.717) is 34.4 Å². The van der Waals surface area contributed by atoms with Gasteiger partial charge in [0.2, 0.25) is 9.97 Å². The first-order chi connectivity index (χ1) is 12.7. The quantitative estimate of drug-likeness (QED) is 0.644. The summed E-state index contributed by atoms with van der Waals surface area (Å²) in [5, 5.41) is 4.14. The highest BCUT2D eigenvalue weighted by molar-refractivity contribution is 8.18. The second-order valence-corrected chi connectivity index (χ2v) is 7.63. The van der Waals surface area contributed by atoms with E-state index in [1.54, 1.807) is 12.1 Å². The number of imidazole rings is 1. The van der Waals surface area contributed by atoms with E-state index in [1.807, 2.05) is 19.1 Å². The van der Waals surface area contributed by atoms with Gasteiger partial charge < -0.3 is 0 Å². The molecule has 1 aromatic carbocycles. The minimum atomic E-state index is -4.60.